The Bertz CT molecular complexity index is 1520. The van der Waals surface area contributed by atoms with Crippen molar-refractivity contribution < 1.29 is 9.90 Å². The van der Waals surface area contributed by atoms with Crippen molar-refractivity contribution in [1.29, 1.82) is 5.26 Å². The van der Waals surface area contributed by atoms with E-state index in [9.17, 15) is 9.90 Å². The number of aryl methyl sites for hydroxylation is 2. The van der Waals surface area contributed by atoms with Crippen molar-refractivity contribution in [3.8, 4) is 22.2 Å². The van der Waals surface area contributed by atoms with Crippen molar-refractivity contribution in [1.82, 2.24) is 14.8 Å². The van der Waals surface area contributed by atoms with Gasteiger partial charge >= 0.3 is 5.97 Å². The minimum Gasteiger partial charge on any atom is -0.481 e. The average molecular weight is 482 g/mol. The van der Waals surface area contributed by atoms with E-state index in [4.69, 9.17) is 10.3 Å². The first kappa shape index (κ1) is 22.7. The third-order valence-electron chi connectivity index (χ3n) is 6.56. The van der Waals surface area contributed by atoms with Crippen LogP contribution in [0, 0.1) is 38.0 Å². The second kappa shape index (κ2) is 8.60. The van der Waals surface area contributed by atoms with Gasteiger partial charge in [0.1, 0.15) is 16.9 Å². The van der Waals surface area contributed by atoms with Gasteiger partial charge in [0.25, 0.3) is 0 Å². The molecule has 8 heteroatoms. The Morgan fingerprint density at radius 3 is 2.23 bits per heavy atom. The van der Waals surface area contributed by atoms with Gasteiger partial charge in [-0.05, 0) is 56.5 Å². The molecule has 1 N–H and O–H groups in total. The van der Waals surface area contributed by atoms with Crippen LogP contribution >= 0.6 is 11.3 Å². The molecule has 0 bridgehead atoms. The highest BCUT2D eigenvalue weighted by Crippen LogP contribution is 2.40. The number of aliphatic carboxylic acids is 1. The molecule has 1 aliphatic heterocycles. The molecule has 2 aromatic heterocycles. The minimum atomic E-state index is -0.931. The lowest BCUT2D eigenvalue weighted by molar-refractivity contribution is -0.141. The van der Waals surface area contributed by atoms with Gasteiger partial charge in [0.15, 0.2) is 5.82 Å². The summed E-state index contributed by atoms with van der Waals surface area (Å²) in [5.41, 5.74) is 6.43. The first-order valence-electron chi connectivity index (χ1n) is 11.2. The molecule has 0 fully saturated rings. The summed E-state index contributed by atoms with van der Waals surface area (Å²) in [5, 5.41) is 28.5. The molecule has 0 saturated carbocycles. The lowest BCUT2D eigenvalue weighted by Gasteiger charge is -2.16. The predicted molar refractivity (Wildman–Crippen MR) is 135 cm³/mol. The quantitative estimate of drug-likeness (QED) is 0.420. The monoisotopic (exact) mass is 481 g/mol. The van der Waals surface area contributed by atoms with E-state index in [1.807, 2.05) is 47.9 Å². The zero-order valence-corrected chi connectivity index (χ0v) is 20.6. The highest BCUT2D eigenvalue weighted by Gasteiger charge is 2.36. The van der Waals surface area contributed by atoms with Crippen LogP contribution in [0.25, 0.3) is 16.1 Å². The topological polar surface area (TPSA) is 104 Å². The van der Waals surface area contributed by atoms with E-state index >= 15 is 0 Å². The van der Waals surface area contributed by atoms with Gasteiger partial charge < -0.3 is 5.11 Å². The number of hydrogen-bond acceptors (Lipinski definition) is 6. The molecule has 0 radical (unpaired) electrons. The molecule has 1 unspecified atom stereocenters. The summed E-state index contributed by atoms with van der Waals surface area (Å²) in [4.78, 5) is 18.2. The van der Waals surface area contributed by atoms with Crippen LogP contribution in [0.15, 0.2) is 53.5 Å². The zero-order chi connectivity index (χ0) is 24.9. The lowest BCUT2D eigenvalue weighted by Crippen LogP contribution is -2.21. The number of benzene rings is 2. The molecule has 2 aromatic carbocycles. The number of fused-ring (bicyclic) bond motifs is 3. The van der Waals surface area contributed by atoms with Crippen molar-refractivity contribution in [2.45, 2.75) is 33.7 Å². The SMILES string of the molecule is Cc1sc2c(c1C)C(c1ccc(-c3ccc(C#N)cc3)cc1)=N[C@@H](C(C)C(=O)O)c1nnc(C)n1-2. The molecule has 0 saturated heterocycles. The molecule has 5 rings (SSSR count). The van der Waals surface area contributed by atoms with E-state index in [2.05, 4.69) is 30.1 Å². The van der Waals surface area contributed by atoms with E-state index in [0.29, 0.717) is 17.2 Å². The number of aliphatic imine (C=N–C) groups is 1. The van der Waals surface area contributed by atoms with Gasteiger partial charge in [-0.1, -0.05) is 36.4 Å². The van der Waals surface area contributed by atoms with Crippen LogP contribution in [-0.2, 0) is 4.79 Å². The normalized spacial score (nSPS) is 15.4. The molecule has 4 aromatic rings. The van der Waals surface area contributed by atoms with Gasteiger partial charge in [0.05, 0.1) is 23.3 Å². The molecule has 0 amide bonds. The maximum atomic E-state index is 12.0. The zero-order valence-electron chi connectivity index (χ0n) is 19.8. The number of aromatic nitrogens is 3. The number of rotatable bonds is 4. The highest BCUT2D eigenvalue weighted by molar-refractivity contribution is 7.15. The summed E-state index contributed by atoms with van der Waals surface area (Å²) in [6.45, 7) is 7.70. The van der Waals surface area contributed by atoms with Crippen molar-refractivity contribution in [3.05, 3.63) is 87.3 Å². The molecular formula is C27H23N5O2S. The Balaban J connectivity index is 1.68. The minimum absolute atomic E-state index is 0.545. The first-order chi connectivity index (χ1) is 16.8. The molecule has 0 aliphatic carbocycles. The number of carboxylic acid groups (broad SMARTS) is 1. The van der Waals surface area contributed by atoms with Crippen LogP contribution in [0.2, 0.25) is 0 Å². The maximum absolute atomic E-state index is 12.0. The molecule has 0 spiro atoms. The molecule has 174 valence electrons. The van der Waals surface area contributed by atoms with Gasteiger partial charge in [-0.25, -0.2) is 0 Å². The summed E-state index contributed by atoms with van der Waals surface area (Å²) < 4.78 is 1.96. The molecule has 3 heterocycles. The van der Waals surface area contributed by atoms with Crippen LogP contribution in [0.4, 0.5) is 0 Å². The maximum Gasteiger partial charge on any atom is 0.308 e. The molecule has 35 heavy (non-hydrogen) atoms. The largest absolute Gasteiger partial charge is 0.481 e. The number of hydrogen-bond donors (Lipinski definition) is 1. The molecule has 7 nitrogen and oxygen atoms in total. The fourth-order valence-electron chi connectivity index (χ4n) is 4.38. The third kappa shape index (κ3) is 3.74. The number of carbonyl (C=O) groups is 1. The van der Waals surface area contributed by atoms with Gasteiger partial charge in [0, 0.05) is 16.0 Å². The summed E-state index contributed by atoms with van der Waals surface area (Å²) in [6.07, 6.45) is 0. The first-order valence-corrected chi connectivity index (χ1v) is 12.1. The molecule has 1 aliphatic rings. The smallest absolute Gasteiger partial charge is 0.308 e. The molecular weight excluding hydrogens is 458 g/mol. The van der Waals surface area contributed by atoms with E-state index in [1.54, 1.807) is 30.4 Å². The van der Waals surface area contributed by atoms with E-state index in [0.717, 1.165) is 38.5 Å². The second-order valence-corrected chi connectivity index (χ2v) is 9.92. The summed E-state index contributed by atoms with van der Waals surface area (Å²) in [7, 11) is 0. The summed E-state index contributed by atoms with van der Waals surface area (Å²) in [6, 6.07) is 17.0. The van der Waals surface area contributed by atoms with Crippen molar-refractivity contribution in [3.63, 3.8) is 0 Å². The lowest BCUT2D eigenvalue weighted by atomic mass is 9.96. The predicted octanol–water partition coefficient (Wildman–Crippen LogP) is 5.41. The summed E-state index contributed by atoms with van der Waals surface area (Å²) in [5.74, 6) is -0.456. The highest BCUT2D eigenvalue weighted by atomic mass is 32.1. The summed E-state index contributed by atoms with van der Waals surface area (Å²) >= 11 is 1.64. The van der Waals surface area contributed by atoms with Crippen LogP contribution in [0.3, 0.4) is 0 Å². The van der Waals surface area contributed by atoms with Crippen LogP contribution in [0.1, 0.15) is 51.7 Å². The van der Waals surface area contributed by atoms with Crippen LogP contribution in [0.5, 0.6) is 0 Å². The van der Waals surface area contributed by atoms with Crippen LogP contribution in [-0.4, -0.2) is 31.6 Å². The fourth-order valence-corrected chi connectivity index (χ4v) is 5.59. The third-order valence-corrected chi connectivity index (χ3v) is 7.75. The van der Waals surface area contributed by atoms with E-state index < -0.39 is 17.9 Å². The van der Waals surface area contributed by atoms with E-state index in [1.165, 1.54) is 4.88 Å². The Morgan fingerprint density at radius 1 is 1.03 bits per heavy atom. The fraction of sp³-hybridized carbons (Fsp3) is 0.222. The number of carboxylic acids is 1. The Morgan fingerprint density at radius 2 is 1.63 bits per heavy atom. The van der Waals surface area contributed by atoms with Crippen molar-refractivity contribution in [2.24, 2.45) is 10.9 Å². The standard InChI is InChI=1S/C27H23N5O2S/c1-14-16(3)35-26-22(14)24(29-23(15(2)27(33)34)25-31-30-17(4)32(25)26)21-11-9-20(10-12-21)19-7-5-18(13-28)6-8-19/h5-12,15,23H,1-4H3,(H,33,34)/t15?,23-/m0/s1. The average Bonchev–Trinajstić information content (AvgIpc) is 3.33. The molecule has 2 atom stereocenters. The number of nitrogens with zero attached hydrogens (tertiary/aromatic N) is 5. The van der Waals surface area contributed by atoms with E-state index in [-0.39, 0.29) is 0 Å². The Labute approximate surface area is 207 Å². The van der Waals surface area contributed by atoms with Gasteiger partial charge in [0.2, 0.25) is 0 Å². The van der Waals surface area contributed by atoms with Crippen LogP contribution < -0.4 is 0 Å². The Hall–Kier alpha value is -4.09. The van der Waals surface area contributed by atoms with Gasteiger partial charge in [-0.3, -0.25) is 14.4 Å². The second-order valence-electron chi connectivity index (χ2n) is 8.72. The van der Waals surface area contributed by atoms with Gasteiger partial charge in [-0.2, -0.15) is 5.26 Å². The van der Waals surface area contributed by atoms with Crippen molar-refractivity contribution in [2.75, 3.05) is 0 Å². The van der Waals surface area contributed by atoms with Gasteiger partial charge in [-0.15, -0.1) is 21.5 Å². The number of thiophene rings is 1. The Kier molecular flexibility index (Phi) is 5.58. The number of nitriles is 1. The van der Waals surface area contributed by atoms with Crippen molar-refractivity contribution >= 4 is 23.0 Å².